The maximum absolute atomic E-state index is 13.8. The number of nitrogens with one attached hydrogen (secondary N) is 2. The highest BCUT2D eigenvalue weighted by molar-refractivity contribution is 5.92. The van der Waals surface area contributed by atoms with Gasteiger partial charge in [-0.05, 0) is 61.7 Å². The van der Waals surface area contributed by atoms with Gasteiger partial charge in [0.05, 0.1) is 5.52 Å². The van der Waals surface area contributed by atoms with Crippen LogP contribution >= 0.6 is 0 Å². The van der Waals surface area contributed by atoms with Gasteiger partial charge in [-0.1, -0.05) is 17.3 Å². The molecule has 9 nitrogen and oxygen atoms in total. The van der Waals surface area contributed by atoms with Crippen LogP contribution in [0.1, 0.15) is 24.2 Å². The van der Waals surface area contributed by atoms with Gasteiger partial charge in [-0.25, -0.2) is 9.18 Å². The molecule has 33 heavy (non-hydrogen) atoms. The molecule has 2 amide bonds. The molecule has 1 fully saturated rings. The number of carbonyl (C=O) groups excluding carboxylic acids is 1. The fourth-order valence-electron chi connectivity index (χ4n) is 3.88. The van der Waals surface area contributed by atoms with E-state index in [2.05, 4.69) is 20.8 Å². The minimum Gasteiger partial charge on any atom is -0.465 e. The van der Waals surface area contributed by atoms with Crippen molar-refractivity contribution in [1.29, 1.82) is 0 Å². The number of fused-ring (bicyclic) bond motifs is 1. The summed E-state index contributed by atoms with van der Waals surface area (Å²) in [5, 5.41) is 18.5. The van der Waals surface area contributed by atoms with Crippen molar-refractivity contribution in [2.24, 2.45) is 0 Å². The molecule has 5 rings (SSSR count). The average Bonchev–Trinajstić information content (AvgIpc) is 3.27. The highest BCUT2D eigenvalue weighted by Crippen LogP contribution is 2.35. The van der Waals surface area contributed by atoms with Gasteiger partial charge in [-0.2, -0.15) is 4.98 Å². The molecule has 0 radical (unpaired) electrons. The lowest BCUT2D eigenvalue weighted by Crippen LogP contribution is -2.48. The van der Waals surface area contributed by atoms with Crippen molar-refractivity contribution in [3.63, 3.8) is 0 Å². The lowest BCUT2D eigenvalue weighted by Gasteiger charge is -2.15. The fraction of sp³-hybridized carbons (Fsp3) is 0.217. The lowest BCUT2D eigenvalue weighted by atomic mass is 10.2. The summed E-state index contributed by atoms with van der Waals surface area (Å²) in [5.74, 6) is 0.136. The predicted octanol–water partition coefficient (Wildman–Crippen LogP) is 3.54. The maximum atomic E-state index is 13.8. The smallest absolute Gasteiger partial charge is 0.405 e. The van der Waals surface area contributed by atoms with E-state index >= 15 is 0 Å². The normalized spacial score (nSPS) is 14.2. The van der Waals surface area contributed by atoms with Crippen LogP contribution in [0, 0.1) is 12.7 Å². The maximum Gasteiger partial charge on any atom is 0.405 e. The van der Waals surface area contributed by atoms with E-state index in [1.54, 1.807) is 19.1 Å². The Balaban J connectivity index is 1.42. The van der Waals surface area contributed by atoms with Gasteiger partial charge in [0.25, 0.3) is 5.89 Å². The number of rotatable bonds is 6. The minimum absolute atomic E-state index is 0.259. The molecule has 0 atom stereocenters. The Hall–Kier alpha value is -4.21. The van der Waals surface area contributed by atoms with Crippen molar-refractivity contribution in [2.75, 3.05) is 0 Å². The number of carbonyl (C=O) groups is 2. The Bertz CT molecular complexity index is 1370. The number of carboxylic acid groups (broad SMARTS) is 1. The molecule has 1 aliphatic rings. The SMILES string of the molecule is Cc1noc(-c2cc3cc(F)ccc3n2-c2ccc(CNC(=O)C3(NC(=O)O)CC3)cc2)n1. The Morgan fingerprint density at radius 1 is 1.18 bits per heavy atom. The summed E-state index contributed by atoms with van der Waals surface area (Å²) < 4.78 is 21.1. The van der Waals surface area contributed by atoms with Crippen LogP contribution in [0.15, 0.2) is 53.1 Å². The molecule has 3 N–H and O–H groups in total. The largest absolute Gasteiger partial charge is 0.465 e. The second-order valence-corrected chi connectivity index (χ2v) is 8.08. The topological polar surface area (TPSA) is 122 Å². The highest BCUT2D eigenvalue weighted by Gasteiger charge is 2.51. The molecule has 2 aromatic heterocycles. The monoisotopic (exact) mass is 449 g/mol. The third kappa shape index (κ3) is 3.91. The molecule has 168 valence electrons. The van der Waals surface area contributed by atoms with E-state index in [4.69, 9.17) is 9.63 Å². The van der Waals surface area contributed by atoms with Crippen LogP contribution in [0.25, 0.3) is 28.2 Å². The number of amides is 2. The van der Waals surface area contributed by atoms with E-state index < -0.39 is 11.6 Å². The molecule has 0 spiro atoms. The zero-order chi connectivity index (χ0) is 23.2. The fourth-order valence-corrected chi connectivity index (χ4v) is 3.88. The average molecular weight is 449 g/mol. The zero-order valence-corrected chi connectivity index (χ0v) is 17.6. The van der Waals surface area contributed by atoms with Gasteiger partial charge >= 0.3 is 6.09 Å². The third-order valence-electron chi connectivity index (χ3n) is 5.69. The minimum atomic E-state index is -1.21. The van der Waals surface area contributed by atoms with Crippen molar-refractivity contribution in [3.8, 4) is 17.3 Å². The summed E-state index contributed by atoms with van der Waals surface area (Å²) >= 11 is 0. The predicted molar refractivity (Wildman–Crippen MR) is 116 cm³/mol. The summed E-state index contributed by atoms with van der Waals surface area (Å²) in [4.78, 5) is 27.6. The number of hydrogen-bond donors (Lipinski definition) is 3. The summed E-state index contributed by atoms with van der Waals surface area (Å²) in [5.41, 5.74) is 2.04. The Labute approximate surface area is 187 Å². The number of hydrogen-bond acceptors (Lipinski definition) is 5. The summed E-state index contributed by atoms with van der Waals surface area (Å²) in [7, 11) is 0. The van der Waals surface area contributed by atoms with Crippen molar-refractivity contribution in [1.82, 2.24) is 25.3 Å². The van der Waals surface area contributed by atoms with Crippen LogP contribution in [-0.2, 0) is 11.3 Å². The Morgan fingerprint density at radius 2 is 1.94 bits per heavy atom. The van der Waals surface area contributed by atoms with Gasteiger partial charge in [-0.3, -0.25) is 4.79 Å². The molecule has 0 bridgehead atoms. The molecular weight excluding hydrogens is 429 g/mol. The van der Waals surface area contributed by atoms with Crippen LogP contribution in [0.5, 0.6) is 0 Å². The summed E-state index contributed by atoms with van der Waals surface area (Å²) in [6.45, 7) is 1.98. The van der Waals surface area contributed by atoms with Crippen molar-refractivity contribution in [3.05, 3.63) is 65.7 Å². The van der Waals surface area contributed by atoms with Gasteiger partial charge in [0.15, 0.2) is 5.82 Å². The number of aromatic nitrogens is 3. The zero-order valence-electron chi connectivity index (χ0n) is 17.6. The second kappa shape index (κ2) is 7.73. The van der Waals surface area contributed by atoms with E-state index in [1.165, 1.54) is 12.1 Å². The Kier molecular flexibility index (Phi) is 4.85. The first-order valence-electron chi connectivity index (χ1n) is 10.4. The molecule has 1 saturated carbocycles. The van der Waals surface area contributed by atoms with Crippen LogP contribution in [0.3, 0.4) is 0 Å². The van der Waals surface area contributed by atoms with Gasteiger partial charge in [0.1, 0.15) is 17.1 Å². The van der Waals surface area contributed by atoms with Crippen LogP contribution < -0.4 is 10.6 Å². The van der Waals surface area contributed by atoms with Gasteiger partial charge < -0.3 is 24.8 Å². The molecule has 10 heteroatoms. The molecule has 0 saturated heterocycles. The van der Waals surface area contributed by atoms with Crippen LogP contribution in [0.2, 0.25) is 0 Å². The standard InChI is InChI=1S/C23H20FN5O4/c1-13-26-20(33-28-13)19-11-15-10-16(24)4-7-18(15)29(19)17-5-2-14(3-6-17)12-25-21(30)23(8-9-23)27-22(31)32/h2-7,10-11,27H,8-9,12H2,1H3,(H,25,30)(H,31,32). The molecule has 0 aliphatic heterocycles. The van der Waals surface area contributed by atoms with Crippen LogP contribution in [0.4, 0.5) is 9.18 Å². The number of aryl methyl sites for hydroxylation is 1. The molecule has 2 heterocycles. The van der Waals surface area contributed by atoms with Gasteiger partial charge in [0, 0.05) is 17.6 Å². The molecular formula is C23H20FN5O4. The van der Waals surface area contributed by atoms with Crippen LogP contribution in [-0.4, -0.2) is 37.4 Å². The van der Waals surface area contributed by atoms with E-state index in [0.717, 1.165) is 16.8 Å². The van der Waals surface area contributed by atoms with E-state index in [-0.39, 0.29) is 18.3 Å². The Morgan fingerprint density at radius 3 is 2.58 bits per heavy atom. The highest BCUT2D eigenvalue weighted by atomic mass is 19.1. The third-order valence-corrected chi connectivity index (χ3v) is 5.69. The van der Waals surface area contributed by atoms with Gasteiger partial charge in [-0.15, -0.1) is 0 Å². The second-order valence-electron chi connectivity index (χ2n) is 8.08. The number of benzene rings is 2. The van der Waals surface area contributed by atoms with Gasteiger partial charge in [0.2, 0.25) is 5.91 Å². The first-order chi connectivity index (χ1) is 15.8. The quantitative estimate of drug-likeness (QED) is 0.414. The van der Waals surface area contributed by atoms with Crippen molar-refractivity contribution < 1.29 is 23.6 Å². The summed E-state index contributed by atoms with van der Waals surface area (Å²) in [6.07, 6.45) is -0.231. The van der Waals surface area contributed by atoms with E-state index in [1.807, 2.05) is 28.8 Å². The molecule has 1 aliphatic carbocycles. The molecule has 0 unspecified atom stereocenters. The summed E-state index contributed by atoms with van der Waals surface area (Å²) in [6, 6.07) is 13.8. The van der Waals surface area contributed by atoms with Crippen molar-refractivity contribution in [2.45, 2.75) is 31.8 Å². The first-order valence-corrected chi connectivity index (χ1v) is 10.4. The van der Waals surface area contributed by atoms with E-state index in [9.17, 15) is 14.0 Å². The van der Waals surface area contributed by atoms with E-state index in [0.29, 0.717) is 35.6 Å². The number of halogens is 1. The molecule has 2 aromatic carbocycles. The lowest BCUT2D eigenvalue weighted by molar-refractivity contribution is -0.124. The molecule has 4 aromatic rings. The first kappa shape index (κ1) is 20.7. The number of nitrogens with zero attached hydrogens (tertiary/aromatic N) is 3. The van der Waals surface area contributed by atoms with Crippen molar-refractivity contribution >= 4 is 22.9 Å².